The lowest BCUT2D eigenvalue weighted by atomic mass is 10.1. The molecule has 0 spiro atoms. The van der Waals surface area contributed by atoms with E-state index in [2.05, 4.69) is 37.8 Å². The molecule has 0 unspecified atom stereocenters. The Kier molecular flexibility index (Phi) is 6.70. The van der Waals surface area contributed by atoms with Crippen LogP contribution in [0, 0.1) is 3.57 Å². The number of carbonyl (C=O) groups is 1. The molecule has 32 heavy (non-hydrogen) atoms. The third-order valence-electron chi connectivity index (χ3n) is 4.87. The Morgan fingerprint density at radius 2 is 2.00 bits per heavy atom. The van der Waals surface area contributed by atoms with Gasteiger partial charge in [-0.3, -0.25) is 9.69 Å². The maximum Gasteiger partial charge on any atom is 0.247 e. The fourth-order valence-electron chi connectivity index (χ4n) is 3.54. The van der Waals surface area contributed by atoms with E-state index in [1.807, 2.05) is 43.3 Å². The number of nitrogens with zero attached hydrogens (tertiary/aromatic N) is 4. The first-order chi connectivity index (χ1) is 15.5. The van der Waals surface area contributed by atoms with E-state index in [9.17, 15) is 4.79 Å². The number of anilines is 1. The van der Waals surface area contributed by atoms with Crippen LogP contribution in [0.3, 0.4) is 0 Å². The molecule has 0 radical (unpaired) electrons. The van der Waals surface area contributed by atoms with Gasteiger partial charge in [0.2, 0.25) is 23.2 Å². The summed E-state index contributed by atoms with van der Waals surface area (Å²) in [5.74, 6) is 2.10. The zero-order valence-corrected chi connectivity index (χ0v) is 20.9. The minimum Gasteiger partial charge on any atom is -0.493 e. The first-order valence-electron chi connectivity index (χ1n) is 9.83. The van der Waals surface area contributed by atoms with Crippen molar-refractivity contribution in [3.8, 4) is 28.6 Å². The van der Waals surface area contributed by atoms with Gasteiger partial charge >= 0.3 is 0 Å². The zero-order valence-electron chi connectivity index (χ0n) is 18.0. The van der Waals surface area contributed by atoms with Gasteiger partial charge in [-0.05, 0) is 46.5 Å². The van der Waals surface area contributed by atoms with Crippen molar-refractivity contribution < 1.29 is 19.0 Å². The van der Waals surface area contributed by atoms with Gasteiger partial charge in [-0.1, -0.05) is 36.9 Å². The number of benzene rings is 2. The first-order valence-corrected chi connectivity index (χ1v) is 11.9. The molecule has 3 aromatic rings. The Bertz CT molecular complexity index is 1180. The summed E-state index contributed by atoms with van der Waals surface area (Å²) in [6.07, 6.45) is -0.792. The Balaban J connectivity index is 1.96. The van der Waals surface area contributed by atoms with Gasteiger partial charge in [0.05, 0.1) is 23.5 Å². The van der Waals surface area contributed by atoms with Crippen LogP contribution in [0.5, 0.6) is 17.4 Å². The van der Waals surface area contributed by atoms with E-state index >= 15 is 0 Å². The largest absolute Gasteiger partial charge is 0.493 e. The molecule has 1 atom stereocenters. The van der Waals surface area contributed by atoms with Crippen LogP contribution in [-0.4, -0.2) is 41.1 Å². The first kappa shape index (κ1) is 22.6. The molecule has 2 aromatic carbocycles. The van der Waals surface area contributed by atoms with E-state index in [1.54, 1.807) is 19.1 Å². The van der Waals surface area contributed by atoms with Crippen molar-refractivity contribution in [3.05, 3.63) is 45.5 Å². The highest BCUT2D eigenvalue weighted by atomic mass is 127. The lowest BCUT2D eigenvalue weighted by Crippen LogP contribution is -2.36. The minimum atomic E-state index is -0.792. The Hall–Kier alpha value is -2.60. The molecule has 0 saturated carbocycles. The van der Waals surface area contributed by atoms with E-state index < -0.39 is 6.23 Å². The molecular formula is C22H21IN4O4S. The van der Waals surface area contributed by atoms with Gasteiger partial charge in [-0.25, -0.2) is 0 Å². The summed E-state index contributed by atoms with van der Waals surface area (Å²) < 4.78 is 18.2. The molecule has 1 aliphatic rings. The molecule has 0 aliphatic carbocycles. The fourth-order valence-corrected chi connectivity index (χ4v) is 4.89. The Labute approximate surface area is 203 Å². The molecular weight excluding hydrogens is 543 g/mol. The molecule has 1 amide bonds. The van der Waals surface area contributed by atoms with Crippen LogP contribution in [0.2, 0.25) is 0 Å². The molecule has 8 nitrogen and oxygen atoms in total. The highest BCUT2D eigenvalue weighted by Gasteiger charge is 2.35. The minimum absolute atomic E-state index is 0.184. The third-order valence-corrected chi connectivity index (χ3v) is 6.39. The van der Waals surface area contributed by atoms with Crippen LogP contribution < -0.4 is 19.1 Å². The van der Waals surface area contributed by atoms with Gasteiger partial charge in [0, 0.05) is 18.1 Å². The number of rotatable bonds is 5. The van der Waals surface area contributed by atoms with E-state index in [1.165, 1.54) is 18.7 Å². The second-order valence-electron chi connectivity index (χ2n) is 6.80. The normalized spacial score (nSPS) is 14.7. The van der Waals surface area contributed by atoms with Crippen molar-refractivity contribution in [1.82, 2.24) is 15.2 Å². The molecule has 1 aliphatic heterocycles. The molecule has 0 saturated heterocycles. The van der Waals surface area contributed by atoms with Crippen LogP contribution in [0.1, 0.15) is 25.6 Å². The standard InChI is InChI=1S/C22H21IN4O4S/c1-5-32-22-24-20-18(25-26-22)14-8-6-7-9-16(14)27(12(2)28)21(31-20)13-10-15(23)19(30-4)17(11-13)29-3/h6-11,21H,5H2,1-4H3/t21-/m1/s1. The van der Waals surface area contributed by atoms with Crippen LogP contribution in [0.4, 0.5) is 5.69 Å². The number of thioether (sulfide) groups is 1. The van der Waals surface area contributed by atoms with E-state index in [4.69, 9.17) is 14.2 Å². The maximum atomic E-state index is 12.9. The molecule has 2 heterocycles. The Morgan fingerprint density at radius 1 is 1.22 bits per heavy atom. The Morgan fingerprint density at radius 3 is 2.69 bits per heavy atom. The average molecular weight is 564 g/mol. The number of methoxy groups -OCH3 is 2. The zero-order chi connectivity index (χ0) is 22.8. The number of halogens is 1. The number of ether oxygens (including phenoxy) is 3. The molecule has 1 aromatic heterocycles. The lowest BCUT2D eigenvalue weighted by molar-refractivity contribution is -0.118. The molecule has 0 N–H and O–H groups in total. The van der Waals surface area contributed by atoms with Gasteiger partial charge in [0.25, 0.3) is 0 Å². The van der Waals surface area contributed by atoms with Gasteiger partial charge in [0.1, 0.15) is 0 Å². The second kappa shape index (κ2) is 9.49. The number of amides is 1. The highest BCUT2D eigenvalue weighted by Crippen LogP contribution is 2.45. The average Bonchev–Trinajstić information content (AvgIpc) is 2.93. The lowest BCUT2D eigenvalue weighted by Gasteiger charge is -2.30. The summed E-state index contributed by atoms with van der Waals surface area (Å²) in [4.78, 5) is 19.1. The summed E-state index contributed by atoms with van der Waals surface area (Å²) in [6, 6.07) is 11.2. The van der Waals surface area contributed by atoms with Crippen molar-refractivity contribution in [2.24, 2.45) is 0 Å². The summed E-state index contributed by atoms with van der Waals surface area (Å²) in [6.45, 7) is 3.52. The number of para-hydroxylation sites is 1. The number of hydrogen-bond acceptors (Lipinski definition) is 8. The van der Waals surface area contributed by atoms with Gasteiger partial charge in [-0.15, -0.1) is 10.2 Å². The molecule has 0 fully saturated rings. The van der Waals surface area contributed by atoms with Crippen molar-refractivity contribution in [2.45, 2.75) is 25.2 Å². The van der Waals surface area contributed by atoms with Crippen LogP contribution in [-0.2, 0) is 4.79 Å². The van der Waals surface area contributed by atoms with E-state index in [0.29, 0.717) is 39.5 Å². The smallest absolute Gasteiger partial charge is 0.247 e. The van der Waals surface area contributed by atoms with Crippen LogP contribution in [0.25, 0.3) is 11.3 Å². The van der Waals surface area contributed by atoms with Crippen LogP contribution >= 0.6 is 34.4 Å². The third kappa shape index (κ3) is 4.08. The van der Waals surface area contributed by atoms with E-state index in [0.717, 1.165) is 14.9 Å². The predicted octanol–water partition coefficient (Wildman–Crippen LogP) is 4.72. The second-order valence-corrected chi connectivity index (χ2v) is 9.19. The highest BCUT2D eigenvalue weighted by molar-refractivity contribution is 14.1. The summed E-state index contributed by atoms with van der Waals surface area (Å²) in [5.41, 5.74) is 2.60. The van der Waals surface area contributed by atoms with Crippen LogP contribution in [0.15, 0.2) is 41.6 Å². The molecule has 166 valence electrons. The van der Waals surface area contributed by atoms with Crippen molar-refractivity contribution in [2.75, 3.05) is 24.9 Å². The SMILES string of the molecule is CCSc1nnc2c(n1)O[C@H](c1cc(I)c(OC)c(OC)c1)N(C(C)=O)c1ccccc1-2. The van der Waals surface area contributed by atoms with Gasteiger partial charge in [-0.2, -0.15) is 4.98 Å². The molecule has 10 heteroatoms. The topological polar surface area (TPSA) is 86.7 Å². The van der Waals surface area contributed by atoms with Crippen molar-refractivity contribution in [3.63, 3.8) is 0 Å². The molecule has 4 rings (SSSR count). The molecule has 0 bridgehead atoms. The van der Waals surface area contributed by atoms with Crippen molar-refractivity contribution >= 4 is 45.9 Å². The quantitative estimate of drug-likeness (QED) is 0.325. The van der Waals surface area contributed by atoms with E-state index in [-0.39, 0.29) is 5.91 Å². The number of aromatic nitrogens is 3. The number of hydrogen-bond donors (Lipinski definition) is 0. The maximum absolute atomic E-state index is 12.9. The fraction of sp³-hybridized carbons (Fsp3) is 0.273. The monoisotopic (exact) mass is 564 g/mol. The van der Waals surface area contributed by atoms with Crippen molar-refractivity contribution in [1.29, 1.82) is 0 Å². The predicted molar refractivity (Wildman–Crippen MR) is 130 cm³/mol. The summed E-state index contributed by atoms with van der Waals surface area (Å²) in [7, 11) is 3.16. The number of carbonyl (C=O) groups excluding carboxylic acids is 1. The number of fused-ring (bicyclic) bond motifs is 3. The summed E-state index contributed by atoms with van der Waals surface area (Å²) in [5, 5.41) is 9.15. The summed E-state index contributed by atoms with van der Waals surface area (Å²) >= 11 is 3.65. The van der Waals surface area contributed by atoms with Gasteiger partial charge in [0.15, 0.2) is 17.2 Å². The van der Waals surface area contributed by atoms with Gasteiger partial charge < -0.3 is 14.2 Å².